The van der Waals surface area contributed by atoms with E-state index in [0.717, 1.165) is 24.9 Å². The minimum Gasteiger partial charge on any atom is -0.338 e. The summed E-state index contributed by atoms with van der Waals surface area (Å²) in [6, 6.07) is 5.60. The second-order valence-corrected chi connectivity index (χ2v) is 5.70. The van der Waals surface area contributed by atoms with Crippen LogP contribution in [0.15, 0.2) is 18.2 Å². The van der Waals surface area contributed by atoms with E-state index in [9.17, 15) is 4.79 Å². The van der Waals surface area contributed by atoms with Gasteiger partial charge in [0.25, 0.3) is 0 Å². The van der Waals surface area contributed by atoms with Crippen LogP contribution in [-0.4, -0.2) is 29.9 Å². The number of likely N-dealkylation sites (tertiary alicyclic amines) is 1. The summed E-state index contributed by atoms with van der Waals surface area (Å²) in [6.07, 6.45) is 3.18. The van der Waals surface area contributed by atoms with E-state index in [0.29, 0.717) is 29.4 Å². The molecule has 3 nitrogen and oxygen atoms in total. The van der Waals surface area contributed by atoms with Crippen LogP contribution in [0.1, 0.15) is 24.8 Å². The fourth-order valence-corrected chi connectivity index (χ4v) is 3.02. The molecule has 1 amide bonds. The van der Waals surface area contributed by atoms with Crippen LogP contribution in [0.2, 0.25) is 10.0 Å². The lowest BCUT2D eigenvalue weighted by Gasteiger charge is -2.23. The number of amides is 1. The number of hydrogen-bond acceptors (Lipinski definition) is 2. The molecule has 1 unspecified atom stereocenters. The Bertz CT molecular complexity index is 468. The van der Waals surface area contributed by atoms with E-state index in [1.54, 1.807) is 12.1 Å². The fraction of sp³-hybridized carbons (Fsp3) is 0.500. The van der Waals surface area contributed by atoms with Crippen molar-refractivity contribution in [2.45, 2.75) is 31.7 Å². The summed E-state index contributed by atoms with van der Waals surface area (Å²) in [4.78, 5) is 14.1. The number of carbonyl (C=O) groups excluding carboxylic acids is 1. The number of rotatable bonds is 4. The monoisotopic (exact) mass is 336 g/mol. The highest BCUT2D eigenvalue weighted by Gasteiger charge is 2.26. The SMILES string of the molecule is Cl.NCC1CCCN1C(=O)CCc1ccc(Cl)cc1Cl. The first-order chi connectivity index (χ1) is 9.11. The molecule has 6 heteroatoms. The van der Waals surface area contributed by atoms with E-state index < -0.39 is 0 Å². The van der Waals surface area contributed by atoms with Crippen molar-refractivity contribution in [3.8, 4) is 0 Å². The molecule has 0 radical (unpaired) electrons. The maximum Gasteiger partial charge on any atom is 0.223 e. The van der Waals surface area contributed by atoms with Gasteiger partial charge in [0.1, 0.15) is 0 Å². The van der Waals surface area contributed by atoms with E-state index in [1.165, 1.54) is 0 Å². The summed E-state index contributed by atoms with van der Waals surface area (Å²) in [5.41, 5.74) is 6.64. The third-order valence-corrected chi connectivity index (χ3v) is 4.18. The van der Waals surface area contributed by atoms with Gasteiger partial charge in [0, 0.05) is 35.6 Å². The second kappa shape index (κ2) is 8.08. The number of aryl methyl sites for hydroxylation is 1. The maximum atomic E-state index is 12.2. The summed E-state index contributed by atoms with van der Waals surface area (Å²) < 4.78 is 0. The first-order valence-electron chi connectivity index (χ1n) is 6.55. The molecular weight excluding hydrogens is 319 g/mol. The fourth-order valence-electron chi connectivity index (χ4n) is 2.52. The molecule has 1 aliphatic rings. The molecule has 2 rings (SSSR count). The van der Waals surface area contributed by atoms with E-state index in [1.807, 2.05) is 11.0 Å². The smallest absolute Gasteiger partial charge is 0.223 e. The van der Waals surface area contributed by atoms with Crippen molar-refractivity contribution < 1.29 is 4.79 Å². The summed E-state index contributed by atoms with van der Waals surface area (Å²) in [5, 5.41) is 1.24. The van der Waals surface area contributed by atoms with Crippen molar-refractivity contribution in [1.82, 2.24) is 4.90 Å². The topological polar surface area (TPSA) is 46.3 Å². The Kier molecular flexibility index (Phi) is 7.10. The van der Waals surface area contributed by atoms with Gasteiger partial charge in [-0.15, -0.1) is 12.4 Å². The Hall–Kier alpha value is -0.480. The predicted molar refractivity (Wildman–Crippen MR) is 85.8 cm³/mol. The molecule has 2 N–H and O–H groups in total. The average Bonchev–Trinajstić information content (AvgIpc) is 2.85. The van der Waals surface area contributed by atoms with Crippen LogP contribution in [0.25, 0.3) is 0 Å². The Labute approximate surface area is 135 Å². The van der Waals surface area contributed by atoms with Crippen molar-refractivity contribution in [3.05, 3.63) is 33.8 Å². The molecule has 1 heterocycles. The average molecular weight is 338 g/mol. The van der Waals surface area contributed by atoms with Gasteiger partial charge in [-0.1, -0.05) is 29.3 Å². The lowest BCUT2D eigenvalue weighted by molar-refractivity contribution is -0.131. The molecule has 0 aromatic heterocycles. The van der Waals surface area contributed by atoms with Gasteiger partial charge in [-0.3, -0.25) is 4.79 Å². The molecule has 0 aliphatic carbocycles. The molecule has 112 valence electrons. The number of hydrogen-bond donors (Lipinski definition) is 1. The van der Waals surface area contributed by atoms with Crippen LogP contribution in [-0.2, 0) is 11.2 Å². The standard InChI is InChI=1S/C14H18Cl2N2O.ClH/c15-11-5-3-10(13(16)8-11)4-6-14(19)18-7-1-2-12(18)9-17;/h3,5,8,12H,1-2,4,6-7,9,17H2;1H. The third kappa shape index (κ3) is 4.26. The Morgan fingerprint density at radius 2 is 2.15 bits per heavy atom. The van der Waals surface area contributed by atoms with Crippen LogP contribution >= 0.6 is 35.6 Å². The van der Waals surface area contributed by atoms with Gasteiger partial charge in [-0.05, 0) is 37.0 Å². The van der Waals surface area contributed by atoms with Gasteiger partial charge in [-0.25, -0.2) is 0 Å². The van der Waals surface area contributed by atoms with E-state index in [4.69, 9.17) is 28.9 Å². The number of halogens is 3. The van der Waals surface area contributed by atoms with Crippen molar-refractivity contribution in [2.75, 3.05) is 13.1 Å². The van der Waals surface area contributed by atoms with E-state index >= 15 is 0 Å². The zero-order valence-corrected chi connectivity index (χ0v) is 13.5. The van der Waals surface area contributed by atoms with Crippen molar-refractivity contribution in [3.63, 3.8) is 0 Å². The lowest BCUT2D eigenvalue weighted by Crippen LogP contribution is -2.40. The van der Waals surface area contributed by atoms with Crippen LogP contribution in [0, 0.1) is 0 Å². The van der Waals surface area contributed by atoms with E-state index in [-0.39, 0.29) is 24.4 Å². The highest BCUT2D eigenvalue weighted by atomic mass is 35.5. The quantitative estimate of drug-likeness (QED) is 0.916. The number of nitrogens with two attached hydrogens (primary N) is 1. The van der Waals surface area contributed by atoms with Crippen molar-refractivity contribution >= 4 is 41.5 Å². The zero-order valence-electron chi connectivity index (χ0n) is 11.1. The van der Waals surface area contributed by atoms with Gasteiger partial charge in [-0.2, -0.15) is 0 Å². The van der Waals surface area contributed by atoms with Gasteiger partial charge < -0.3 is 10.6 Å². The second-order valence-electron chi connectivity index (χ2n) is 4.85. The van der Waals surface area contributed by atoms with E-state index in [2.05, 4.69) is 0 Å². The van der Waals surface area contributed by atoms with Crippen LogP contribution < -0.4 is 5.73 Å². The molecule has 1 aromatic rings. The number of benzene rings is 1. The number of nitrogens with zero attached hydrogens (tertiary/aromatic N) is 1. The molecule has 20 heavy (non-hydrogen) atoms. The first-order valence-corrected chi connectivity index (χ1v) is 7.31. The Morgan fingerprint density at radius 1 is 1.40 bits per heavy atom. The minimum absolute atomic E-state index is 0. The largest absolute Gasteiger partial charge is 0.338 e. The summed E-state index contributed by atoms with van der Waals surface area (Å²) in [5.74, 6) is 0.166. The highest BCUT2D eigenvalue weighted by molar-refractivity contribution is 6.35. The van der Waals surface area contributed by atoms with Gasteiger partial charge >= 0.3 is 0 Å². The van der Waals surface area contributed by atoms with Crippen molar-refractivity contribution in [2.24, 2.45) is 5.73 Å². The number of carbonyl (C=O) groups is 1. The minimum atomic E-state index is 0. The van der Waals surface area contributed by atoms with Crippen LogP contribution in [0.3, 0.4) is 0 Å². The first kappa shape index (κ1) is 17.6. The molecule has 1 fully saturated rings. The van der Waals surface area contributed by atoms with Crippen LogP contribution in [0.4, 0.5) is 0 Å². The molecule has 1 aliphatic heterocycles. The molecule has 1 aromatic carbocycles. The van der Waals surface area contributed by atoms with Gasteiger partial charge in [0.15, 0.2) is 0 Å². The molecule has 0 bridgehead atoms. The van der Waals surface area contributed by atoms with Crippen LogP contribution in [0.5, 0.6) is 0 Å². The third-order valence-electron chi connectivity index (χ3n) is 3.59. The maximum absolute atomic E-state index is 12.2. The molecule has 1 atom stereocenters. The summed E-state index contributed by atoms with van der Waals surface area (Å²) >= 11 is 11.9. The lowest BCUT2D eigenvalue weighted by atomic mass is 10.1. The normalized spacial score (nSPS) is 17.9. The summed E-state index contributed by atoms with van der Waals surface area (Å²) in [7, 11) is 0. The van der Waals surface area contributed by atoms with Gasteiger partial charge in [0.05, 0.1) is 0 Å². The predicted octanol–water partition coefficient (Wildman–Crippen LogP) is 3.30. The Balaban J connectivity index is 0.00000200. The Morgan fingerprint density at radius 3 is 2.80 bits per heavy atom. The molecule has 0 saturated carbocycles. The van der Waals surface area contributed by atoms with Gasteiger partial charge in [0.2, 0.25) is 5.91 Å². The molecule has 1 saturated heterocycles. The highest BCUT2D eigenvalue weighted by Crippen LogP contribution is 2.23. The molecule has 0 spiro atoms. The zero-order chi connectivity index (χ0) is 13.8. The van der Waals surface area contributed by atoms with Crippen molar-refractivity contribution in [1.29, 1.82) is 0 Å². The summed E-state index contributed by atoms with van der Waals surface area (Å²) in [6.45, 7) is 1.38. The molecular formula is C14H19Cl3N2O.